The minimum atomic E-state index is -0.643. The van der Waals surface area contributed by atoms with Crippen LogP contribution in [0.5, 0.6) is 0 Å². The molecule has 1 saturated carbocycles. The van der Waals surface area contributed by atoms with E-state index >= 15 is 0 Å². The van der Waals surface area contributed by atoms with Crippen LogP contribution in [0, 0.1) is 0 Å². The molecule has 1 aliphatic carbocycles. The van der Waals surface area contributed by atoms with Crippen molar-refractivity contribution in [2.24, 2.45) is 0 Å². The maximum absolute atomic E-state index is 14.0. The molecule has 2 N–H and O–H groups in total. The fourth-order valence-electron chi connectivity index (χ4n) is 5.73. The standard InChI is InChI=1S/C30H30Cl2N2O3/c31-20-10-15-25(26(32)18-20)28-27(29(36)33-17-16-19-6-2-1-3-7-19)23-8-4-5-9-24(23)30(37)34(28)21-11-13-22(35)14-12-21/h1-10,15,18,21-22,27-28,35H,11-14,16-17H2,(H,33,36)/t21-,22-,27-,28+/m1/s1. The van der Waals surface area contributed by atoms with Crippen LogP contribution in [0.15, 0.2) is 72.8 Å². The molecule has 192 valence electrons. The number of aliphatic hydroxyl groups is 1. The summed E-state index contributed by atoms with van der Waals surface area (Å²) in [5, 5.41) is 14.2. The van der Waals surface area contributed by atoms with Crippen LogP contribution in [0.25, 0.3) is 0 Å². The van der Waals surface area contributed by atoms with Crippen LogP contribution in [-0.2, 0) is 11.2 Å². The Kier molecular flexibility index (Phi) is 7.84. The topological polar surface area (TPSA) is 69.6 Å². The fraction of sp³-hybridized carbons (Fsp3) is 0.333. The van der Waals surface area contributed by atoms with Gasteiger partial charge in [-0.3, -0.25) is 9.59 Å². The van der Waals surface area contributed by atoms with Gasteiger partial charge in [-0.05, 0) is 67.0 Å². The summed E-state index contributed by atoms with van der Waals surface area (Å²) in [7, 11) is 0. The van der Waals surface area contributed by atoms with Crippen molar-refractivity contribution >= 4 is 35.0 Å². The van der Waals surface area contributed by atoms with Crippen LogP contribution >= 0.6 is 23.2 Å². The molecule has 5 rings (SSSR count). The number of nitrogens with one attached hydrogen (secondary N) is 1. The second-order valence-corrected chi connectivity index (χ2v) is 10.7. The first-order valence-corrected chi connectivity index (χ1v) is 13.6. The molecule has 1 fully saturated rings. The Bertz CT molecular complexity index is 1270. The quantitative estimate of drug-likeness (QED) is 0.409. The number of aliphatic hydroxyl groups excluding tert-OH is 1. The number of amides is 2. The zero-order chi connectivity index (χ0) is 25.9. The van der Waals surface area contributed by atoms with Crippen LogP contribution in [0.2, 0.25) is 10.0 Å². The summed E-state index contributed by atoms with van der Waals surface area (Å²) < 4.78 is 0. The molecule has 2 atom stereocenters. The highest BCUT2D eigenvalue weighted by molar-refractivity contribution is 6.35. The lowest BCUT2D eigenvalue weighted by Gasteiger charge is -2.47. The molecule has 2 aliphatic rings. The second kappa shape index (κ2) is 11.3. The Morgan fingerprint density at radius 3 is 2.35 bits per heavy atom. The lowest BCUT2D eigenvalue weighted by Crippen LogP contribution is -2.52. The Labute approximate surface area is 227 Å². The van der Waals surface area contributed by atoms with Crippen molar-refractivity contribution in [3.63, 3.8) is 0 Å². The highest BCUT2D eigenvalue weighted by atomic mass is 35.5. The number of carbonyl (C=O) groups excluding carboxylic acids is 2. The monoisotopic (exact) mass is 536 g/mol. The smallest absolute Gasteiger partial charge is 0.254 e. The molecule has 1 heterocycles. The zero-order valence-corrected chi connectivity index (χ0v) is 22.0. The van der Waals surface area contributed by atoms with Crippen molar-refractivity contribution in [2.45, 2.75) is 56.2 Å². The molecule has 0 unspecified atom stereocenters. The molecule has 0 spiro atoms. The van der Waals surface area contributed by atoms with Gasteiger partial charge in [-0.25, -0.2) is 0 Å². The number of halogens is 2. The average Bonchev–Trinajstić information content (AvgIpc) is 2.90. The number of carbonyl (C=O) groups is 2. The van der Waals surface area contributed by atoms with Gasteiger partial charge in [-0.1, -0.05) is 77.8 Å². The summed E-state index contributed by atoms with van der Waals surface area (Å²) >= 11 is 12.9. The summed E-state index contributed by atoms with van der Waals surface area (Å²) in [4.78, 5) is 29.8. The van der Waals surface area contributed by atoms with E-state index < -0.39 is 12.0 Å². The number of hydrogen-bond acceptors (Lipinski definition) is 3. The molecule has 0 aromatic heterocycles. The molecule has 37 heavy (non-hydrogen) atoms. The predicted molar refractivity (Wildman–Crippen MR) is 146 cm³/mol. The molecule has 3 aromatic carbocycles. The molecule has 0 bridgehead atoms. The molecule has 2 amide bonds. The van der Waals surface area contributed by atoms with E-state index in [-0.39, 0.29) is 24.0 Å². The Morgan fingerprint density at radius 2 is 1.62 bits per heavy atom. The summed E-state index contributed by atoms with van der Waals surface area (Å²) in [6.45, 7) is 0.478. The molecule has 1 aliphatic heterocycles. The van der Waals surface area contributed by atoms with Crippen molar-refractivity contribution < 1.29 is 14.7 Å². The second-order valence-electron chi connectivity index (χ2n) is 9.88. The van der Waals surface area contributed by atoms with Crippen LogP contribution in [0.1, 0.15) is 64.7 Å². The van der Waals surface area contributed by atoms with Crippen molar-refractivity contribution in [3.8, 4) is 0 Å². The van der Waals surface area contributed by atoms with Gasteiger partial charge >= 0.3 is 0 Å². The van der Waals surface area contributed by atoms with E-state index in [1.807, 2.05) is 59.5 Å². The molecule has 3 aromatic rings. The average molecular weight is 537 g/mol. The SMILES string of the molecule is O=C(NCCc1ccccc1)[C@@H]1c2ccccc2C(=O)N([C@H]2CC[C@H](O)CC2)[C@H]1c1ccc(Cl)cc1Cl. The lowest BCUT2D eigenvalue weighted by atomic mass is 9.77. The van der Waals surface area contributed by atoms with Gasteiger partial charge in [0.15, 0.2) is 0 Å². The first-order chi connectivity index (χ1) is 17.9. The van der Waals surface area contributed by atoms with Crippen LogP contribution in [0.4, 0.5) is 0 Å². The highest BCUT2D eigenvalue weighted by Gasteiger charge is 2.47. The summed E-state index contributed by atoms with van der Waals surface area (Å²) in [6, 6.07) is 21.9. The van der Waals surface area contributed by atoms with Crippen LogP contribution in [-0.4, -0.2) is 40.5 Å². The Morgan fingerprint density at radius 1 is 0.919 bits per heavy atom. The van der Waals surface area contributed by atoms with Gasteiger partial charge in [0.25, 0.3) is 5.91 Å². The summed E-state index contributed by atoms with van der Waals surface area (Å²) in [5.41, 5.74) is 3.08. The number of fused-ring (bicyclic) bond motifs is 1. The largest absolute Gasteiger partial charge is 0.393 e. The number of hydrogen-bond donors (Lipinski definition) is 2. The minimum absolute atomic E-state index is 0.110. The molecular weight excluding hydrogens is 507 g/mol. The van der Waals surface area contributed by atoms with Crippen LogP contribution < -0.4 is 5.32 Å². The first-order valence-electron chi connectivity index (χ1n) is 12.8. The third kappa shape index (κ3) is 5.40. The maximum atomic E-state index is 14.0. The van der Waals surface area contributed by atoms with E-state index in [2.05, 4.69) is 5.32 Å². The van der Waals surface area contributed by atoms with Gasteiger partial charge in [0, 0.05) is 28.2 Å². The third-order valence-corrected chi connectivity index (χ3v) is 8.12. The van der Waals surface area contributed by atoms with Gasteiger partial charge in [-0.15, -0.1) is 0 Å². The van der Waals surface area contributed by atoms with E-state index in [0.29, 0.717) is 65.4 Å². The van der Waals surface area contributed by atoms with Crippen LogP contribution in [0.3, 0.4) is 0 Å². The summed E-state index contributed by atoms with van der Waals surface area (Å²) in [6.07, 6.45) is 2.91. The minimum Gasteiger partial charge on any atom is -0.393 e. The molecule has 7 heteroatoms. The van der Waals surface area contributed by atoms with Crippen molar-refractivity contribution in [1.82, 2.24) is 10.2 Å². The third-order valence-electron chi connectivity index (χ3n) is 7.56. The van der Waals surface area contributed by atoms with E-state index in [9.17, 15) is 14.7 Å². The van der Waals surface area contributed by atoms with Gasteiger partial charge in [-0.2, -0.15) is 0 Å². The summed E-state index contributed by atoms with van der Waals surface area (Å²) in [5.74, 6) is -0.899. The molecule has 0 saturated heterocycles. The van der Waals surface area contributed by atoms with Gasteiger partial charge in [0.1, 0.15) is 0 Å². The van der Waals surface area contributed by atoms with Crippen molar-refractivity contribution in [1.29, 1.82) is 0 Å². The van der Waals surface area contributed by atoms with Gasteiger partial charge < -0.3 is 15.3 Å². The van der Waals surface area contributed by atoms with Crippen molar-refractivity contribution in [3.05, 3.63) is 105 Å². The predicted octanol–water partition coefficient (Wildman–Crippen LogP) is 5.94. The van der Waals surface area contributed by atoms with E-state index in [1.165, 1.54) is 0 Å². The van der Waals surface area contributed by atoms with Crippen molar-refractivity contribution in [2.75, 3.05) is 6.54 Å². The maximum Gasteiger partial charge on any atom is 0.254 e. The Balaban J connectivity index is 1.55. The van der Waals surface area contributed by atoms with Gasteiger partial charge in [0.2, 0.25) is 5.91 Å². The Hall–Kier alpha value is -2.86. The molecule has 5 nitrogen and oxygen atoms in total. The normalized spacial score (nSPS) is 23.4. The number of rotatable bonds is 6. The van der Waals surface area contributed by atoms with Gasteiger partial charge in [0.05, 0.1) is 18.1 Å². The molecule has 0 radical (unpaired) electrons. The molecular formula is C30H30Cl2N2O3. The zero-order valence-electron chi connectivity index (χ0n) is 20.4. The van der Waals surface area contributed by atoms with E-state index in [1.54, 1.807) is 18.2 Å². The van der Waals surface area contributed by atoms with E-state index in [0.717, 1.165) is 5.56 Å². The lowest BCUT2D eigenvalue weighted by molar-refractivity contribution is -0.124. The highest BCUT2D eigenvalue weighted by Crippen LogP contribution is 2.47. The van der Waals surface area contributed by atoms with E-state index in [4.69, 9.17) is 23.2 Å². The first kappa shape index (κ1) is 25.8. The number of nitrogens with zero attached hydrogens (tertiary/aromatic N) is 1. The fourth-order valence-corrected chi connectivity index (χ4v) is 6.25. The number of benzene rings is 3.